The zero-order valence-corrected chi connectivity index (χ0v) is 14.4. The lowest BCUT2D eigenvalue weighted by molar-refractivity contribution is -0.126. The maximum atomic E-state index is 12.8. The highest BCUT2D eigenvalue weighted by Crippen LogP contribution is 2.20. The van der Waals surface area contributed by atoms with Gasteiger partial charge in [-0.15, -0.1) is 0 Å². The van der Waals surface area contributed by atoms with Crippen molar-refractivity contribution >= 4 is 22.7 Å². The Morgan fingerprint density at radius 1 is 1.20 bits per heavy atom. The SMILES string of the molecule is C[C@H](C(=O)NC1CC1)N1CCN(C(=O)c2n[nH]c3ccccc23)CC1. The summed E-state index contributed by atoms with van der Waals surface area (Å²) in [6.45, 7) is 4.57. The van der Waals surface area contributed by atoms with Crippen LogP contribution in [0.2, 0.25) is 0 Å². The van der Waals surface area contributed by atoms with Gasteiger partial charge in [-0.3, -0.25) is 19.6 Å². The third kappa shape index (κ3) is 3.24. The van der Waals surface area contributed by atoms with Gasteiger partial charge in [0, 0.05) is 37.6 Å². The number of aromatic amines is 1. The topological polar surface area (TPSA) is 81.3 Å². The largest absolute Gasteiger partial charge is 0.352 e. The molecule has 4 rings (SSSR count). The van der Waals surface area contributed by atoms with E-state index in [4.69, 9.17) is 0 Å². The summed E-state index contributed by atoms with van der Waals surface area (Å²) in [6, 6.07) is 7.88. The average molecular weight is 341 g/mol. The lowest BCUT2D eigenvalue weighted by atomic mass is 10.1. The third-order valence-electron chi connectivity index (χ3n) is 5.13. The number of nitrogens with one attached hydrogen (secondary N) is 2. The van der Waals surface area contributed by atoms with E-state index >= 15 is 0 Å². The highest BCUT2D eigenvalue weighted by Gasteiger charge is 2.31. The second kappa shape index (κ2) is 6.48. The monoisotopic (exact) mass is 341 g/mol. The normalized spacial score (nSPS) is 19.8. The first-order valence-corrected chi connectivity index (χ1v) is 8.90. The molecule has 1 aliphatic carbocycles. The first-order chi connectivity index (χ1) is 12.1. The summed E-state index contributed by atoms with van der Waals surface area (Å²) in [5, 5.41) is 11.0. The first-order valence-electron chi connectivity index (χ1n) is 8.90. The minimum absolute atomic E-state index is 0.0489. The number of piperazine rings is 1. The number of rotatable bonds is 4. The van der Waals surface area contributed by atoms with Gasteiger partial charge in [0.1, 0.15) is 0 Å². The van der Waals surface area contributed by atoms with Crippen molar-refractivity contribution in [2.24, 2.45) is 0 Å². The van der Waals surface area contributed by atoms with Crippen molar-refractivity contribution in [2.75, 3.05) is 26.2 Å². The summed E-state index contributed by atoms with van der Waals surface area (Å²) in [7, 11) is 0. The molecule has 7 heteroatoms. The van der Waals surface area contributed by atoms with Crippen LogP contribution in [0, 0.1) is 0 Å². The number of hydrogen-bond acceptors (Lipinski definition) is 4. The Labute approximate surface area is 146 Å². The summed E-state index contributed by atoms with van der Waals surface area (Å²) in [5.41, 5.74) is 1.35. The molecule has 0 bridgehead atoms. The van der Waals surface area contributed by atoms with E-state index in [1.807, 2.05) is 36.1 Å². The van der Waals surface area contributed by atoms with E-state index in [0.29, 0.717) is 37.9 Å². The van der Waals surface area contributed by atoms with Gasteiger partial charge in [0.2, 0.25) is 5.91 Å². The predicted octanol–water partition coefficient (Wildman–Crippen LogP) is 0.988. The molecule has 0 radical (unpaired) electrons. The predicted molar refractivity (Wildman–Crippen MR) is 94.2 cm³/mol. The molecule has 0 spiro atoms. The van der Waals surface area contributed by atoms with Gasteiger partial charge in [-0.05, 0) is 25.8 Å². The molecule has 1 aromatic carbocycles. The molecule has 25 heavy (non-hydrogen) atoms. The quantitative estimate of drug-likeness (QED) is 0.869. The van der Waals surface area contributed by atoms with E-state index in [9.17, 15) is 9.59 Å². The lowest BCUT2D eigenvalue weighted by Crippen LogP contribution is -2.55. The van der Waals surface area contributed by atoms with Gasteiger partial charge in [-0.25, -0.2) is 0 Å². The summed E-state index contributed by atoms with van der Waals surface area (Å²) < 4.78 is 0. The van der Waals surface area contributed by atoms with Crippen molar-refractivity contribution in [1.29, 1.82) is 0 Å². The number of carbonyl (C=O) groups excluding carboxylic acids is 2. The molecule has 2 heterocycles. The van der Waals surface area contributed by atoms with Crippen molar-refractivity contribution in [3.63, 3.8) is 0 Å². The van der Waals surface area contributed by atoms with Crippen LogP contribution in [0.5, 0.6) is 0 Å². The van der Waals surface area contributed by atoms with Crippen LogP contribution < -0.4 is 5.32 Å². The van der Waals surface area contributed by atoms with E-state index < -0.39 is 0 Å². The second-order valence-corrected chi connectivity index (χ2v) is 6.90. The first kappa shape index (κ1) is 16.1. The molecule has 2 aromatic rings. The van der Waals surface area contributed by atoms with E-state index in [0.717, 1.165) is 23.7 Å². The number of carbonyl (C=O) groups is 2. The molecule has 1 atom stereocenters. The smallest absolute Gasteiger partial charge is 0.275 e. The van der Waals surface area contributed by atoms with E-state index in [2.05, 4.69) is 20.4 Å². The number of hydrogen-bond donors (Lipinski definition) is 2. The van der Waals surface area contributed by atoms with Gasteiger partial charge in [-0.1, -0.05) is 18.2 Å². The van der Waals surface area contributed by atoms with Crippen molar-refractivity contribution in [2.45, 2.75) is 31.8 Å². The van der Waals surface area contributed by atoms with Crippen LogP contribution >= 0.6 is 0 Å². The fourth-order valence-electron chi connectivity index (χ4n) is 3.30. The number of H-pyrrole nitrogens is 1. The van der Waals surface area contributed by atoms with E-state index in [-0.39, 0.29) is 17.9 Å². The minimum atomic E-state index is -0.149. The highest BCUT2D eigenvalue weighted by molar-refractivity contribution is 6.04. The number of para-hydroxylation sites is 1. The summed E-state index contributed by atoms with van der Waals surface area (Å²) in [4.78, 5) is 28.9. The van der Waals surface area contributed by atoms with Crippen LogP contribution in [0.3, 0.4) is 0 Å². The Morgan fingerprint density at radius 3 is 2.64 bits per heavy atom. The number of fused-ring (bicyclic) bond motifs is 1. The summed E-state index contributed by atoms with van der Waals surface area (Å²) in [6.07, 6.45) is 2.19. The Balaban J connectivity index is 1.38. The van der Waals surface area contributed by atoms with Crippen LogP contribution in [0.25, 0.3) is 10.9 Å². The molecule has 132 valence electrons. The van der Waals surface area contributed by atoms with Crippen molar-refractivity contribution in [3.05, 3.63) is 30.0 Å². The van der Waals surface area contributed by atoms with Crippen LogP contribution in [-0.4, -0.2) is 70.1 Å². The van der Waals surface area contributed by atoms with Crippen LogP contribution in [0.4, 0.5) is 0 Å². The van der Waals surface area contributed by atoms with Gasteiger partial charge in [0.25, 0.3) is 5.91 Å². The van der Waals surface area contributed by atoms with Gasteiger partial charge in [-0.2, -0.15) is 5.10 Å². The minimum Gasteiger partial charge on any atom is -0.352 e. The molecular formula is C18H23N5O2. The Morgan fingerprint density at radius 2 is 1.92 bits per heavy atom. The van der Waals surface area contributed by atoms with Crippen LogP contribution in [-0.2, 0) is 4.79 Å². The van der Waals surface area contributed by atoms with E-state index in [1.165, 1.54) is 0 Å². The molecular weight excluding hydrogens is 318 g/mol. The second-order valence-electron chi connectivity index (χ2n) is 6.90. The molecule has 2 N–H and O–H groups in total. The van der Waals surface area contributed by atoms with Crippen molar-refractivity contribution in [3.8, 4) is 0 Å². The Hall–Kier alpha value is -2.41. The fraction of sp³-hybridized carbons (Fsp3) is 0.500. The molecule has 2 aliphatic rings. The summed E-state index contributed by atoms with van der Waals surface area (Å²) >= 11 is 0. The van der Waals surface area contributed by atoms with Gasteiger partial charge < -0.3 is 10.2 Å². The zero-order chi connectivity index (χ0) is 17.4. The fourth-order valence-corrected chi connectivity index (χ4v) is 3.30. The molecule has 0 unspecified atom stereocenters. The van der Waals surface area contributed by atoms with Crippen molar-refractivity contribution in [1.82, 2.24) is 25.3 Å². The maximum absolute atomic E-state index is 12.8. The van der Waals surface area contributed by atoms with Crippen LogP contribution in [0.15, 0.2) is 24.3 Å². The molecule has 1 aromatic heterocycles. The molecule has 7 nitrogen and oxygen atoms in total. The van der Waals surface area contributed by atoms with Gasteiger partial charge in [0.15, 0.2) is 5.69 Å². The Kier molecular flexibility index (Phi) is 4.17. The molecule has 1 saturated carbocycles. The standard InChI is InChI=1S/C18H23N5O2/c1-12(17(24)19-13-6-7-13)22-8-10-23(11-9-22)18(25)16-14-4-2-3-5-15(14)20-21-16/h2-5,12-13H,6-11H2,1H3,(H,19,24)(H,20,21)/t12-/m1/s1. The molecule has 1 saturated heterocycles. The van der Waals surface area contributed by atoms with E-state index in [1.54, 1.807) is 0 Å². The van der Waals surface area contributed by atoms with Gasteiger partial charge >= 0.3 is 0 Å². The maximum Gasteiger partial charge on any atom is 0.275 e. The molecule has 2 fully saturated rings. The molecule has 2 amide bonds. The number of aromatic nitrogens is 2. The zero-order valence-electron chi connectivity index (χ0n) is 14.4. The highest BCUT2D eigenvalue weighted by atomic mass is 16.2. The average Bonchev–Trinajstić information content (AvgIpc) is 3.36. The van der Waals surface area contributed by atoms with Crippen molar-refractivity contribution < 1.29 is 9.59 Å². The molecule has 1 aliphatic heterocycles. The number of benzene rings is 1. The summed E-state index contributed by atoms with van der Waals surface area (Å²) in [5.74, 6) is 0.0488. The van der Waals surface area contributed by atoms with Crippen LogP contribution in [0.1, 0.15) is 30.3 Å². The number of nitrogens with zero attached hydrogens (tertiary/aromatic N) is 3. The number of amides is 2. The third-order valence-corrected chi connectivity index (χ3v) is 5.13. The Bertz CT molecular complexity index is 790. The lowest BCUT2D eigenvalue weighted by Gasteiger charge is -2.37. The van der Waals surface area contributed by atoms with Gasteiger partial charge in [0.05, 0.1) is 11.6 Å².